The highest BCUT2D eigenvalue weighted by atomic mass is 16.6. The third kappa shape index (κ3) is 3.53. The van der Waals surface area contributed by atoms with E-state index in [9.17, 15) is 10.1 Å². The van der Waals surface area contributed by atoms with E-state index in [0.29, 0.717) is 11.5 Å². The van der Waals surface area contributed by atoms with Gasteiger partial charge in [0.05, 0.1) is 4.92 Å². The van der Waals surface area contributed by atoms with E-state index < -0.39 is 0 Å². The maximum Gasteiger partial charge on any atom is 0.269 e. The minimum Gasteiger partial charge on any atom is -0.309 e. The minimum atomic E-state index is -0.360. The van der Waals surface area contributed by atoms with Crippen molar-refractivity contribution in [3.63, 3.8) is 0 Å². The summed E-state index contributed by atoms with van der Waals surface area (Å²) in [4.78, 5) is 10.2. The fourth-order valence-corrected chi connectivity index (χ4v) is 2.85. The van der Waals surface area contributed by atoms with Gasteiger partial charge < -0.3 is 5.32 Å². The summed E-state index contributed by atoms with van der Waals surface area (Å²) in [6, 6.07) is 7.35. The lowest BCUT2D eigenvalue weighted by Crippen LogP contribution is -2.43. The summed E-state index contributed by atoms with van der Waals surface area (Å²) in [6.45, 7) is 5.42. The van der Waals surface area contributed by atoms with Crippen LogP contribution in [-0.2, 0) is 6.54 Å². The van der Waals surface area contributed by atoms with Crippen LogP contribution in [0.5, 0.6) is 0 Å². The second kappa shape index (κ2) is 5.70. The Morgan fingerprint density at radius 2 is 2.00 bits per heavy atom. The van der Waals surface area contributed by atoms with Gasteiger partial charge in [-0.3, -0.25) is 10.1 Å². The summed E-state index contributed by atoms with van der Waals surface area (Å²) in [7, 11) is 0. The van der Waals surface area contributed by atoms with Gasteiger partial charge in [0.25, 0.3) is 5.69 Å². The van der Waals surface area contributed by atoms with E-state index in [1.165, 1.54) is 25.7 Å². The van der Waals surface area contributed by atoms with Gasteiger partial charge in [0.1, 0.15) is 0 Å². The first kappa shape index (κ1) is 14.0. The SMILES string of the molecule is CC1(C)CCCCC1NCc1ccc([N+](=O)[O-])cc1. The smallest absolute Gasteiger partial charge is 0.269 e. The Hall–Kier alpha value is -1.42. The average Bonchev–Trinajstić information content (AvgIpc) is 2.37. The number of nitrogens with zero attached hydrogens (tertiary/aromatic N) is 1. The fourth-order valence-electron chi connectivity index (χ4n) is 2.85. The number of nitro groups is 1. The van der Waals surface area contributed by atoms with E-state index in [1.807, 2.05) is 12.1 Å². The highest BCUT2D eigenvalue weighted by Gasteiger charge is 2.31. The van der Waals surface area contributed by atoms with Crippen LogP contribution in [-0.4, -0.2) is 11.0 Å². The summed E-state index contributed by atoms with van der Waals surface area (Å²) < 4.78 is 0. The molecular formula is C15H22N2O2. The van der Waals surface area contributed by atoms with Crippen LogP contribution in [0.2, 0.25) is 0 Å². The van der Waals surface area contributed by atoms with E-state index >= 15 is 0 Å². The molecule has 2 rings (SSSR count). The van der Waals surface area contributed by atoms with Crippen LogP contribution in [0.3, 0.4) is 0 Å². The molecule has 1 saturated carbocycles. The largest absolute Gasteiger partial charge is 0.309 e. The quantitative estimate of drug-likeness (QED) is 0.665. The molecule has 1 fully saturated rings. The second-order valence-electron chi connectivity index (χ2n) is 6.09. The van der Waals surface area contributed by atoms with E-state index in [4.69, 9.17) is 0 Å². The maximum atomic E-state index is 10.6. The summed E-state index contributed by atoms with van der Waals surface area (Å²) in [5.41, 5.74) is 1.60. The van der Waals surface area contributed by atoms with E-state index in [2.05, 4.69) is 19.2 Å². The molecule has 1 N–H and O–H groups in total. The molecule has 1 aromatic rings. The fraction of sp³-hybridized carbons (Fsp3) is 0.600. The zero-order chi connectivity index (χ0) is 13.9. The number of non-ortho nitro benzene ring substituents is 1. The standard InChI is InChI=1S/C15H22N2O2/c1-15(2)10-4-3-5-14(15)16-11-12-6-8-13(9-7-12)17(18)19/h6-9,14,16H,3-5,10-11H2,1-2H3. The van der Waals surface area contributed by atoms with Crippen LogP contribution < -0.4 is 5.32 Å². The Morgan fingerprint density at radius 3 is 2.58 bits per heavy atom. The molecule has 0 radical (unpaired) electrons. The van der Waals surface area contributed by atoms with Crippen molar-refractivity contribution < 1.29 is 4.92 Å². The summed E-state index contributed by atoms with van der Waals surface area (Å²) >= 11 is 0. The predicted molar refractivity (Wildman–Crippen MR) is 76.0 cm³/mol. The van der Waals surface area contributed by atoms with E-state index in [0.717, 1.165) is 12.1 Å². The number of hydrogen-bond acceptors (Lipinski definition) is 3. The summed E-state index contributed by atoms with van der Waals surface area (Å²) in [5.74, 6) is 0. The number of nitro benzene ring substituents is 1. The molecule has 0 heterocycles. The van der Waals surface area contributed by atoms with Gasteiger partial charge in [-0.25, -0.2) is 0 Å². The van der Waals surface area contributed by atoms with Crippen LogP contribution in [0.25, 0.3) is 0 Å². The topological polar surface area (TPSA) is 55.2 Å². The molecule has 0 saturated heterocycles. The van der Waals surface area contributed by atoms with E-state index in [1.54, 1.807) is 12.1 Å². The van der Waals surface area contributed by atoms with Crippen molar-refractivity contribution in [2.24, 2.45) is 5.41 Å². The van der Waals surface area contributed by atoms with Crippen molar-refractivity contribution in [3.8, 4) is 0 Å². The molecule has 0 amide bonds. The average molecular weight is 262 g/mol. The molecule has 1 unspecified atom stereocenters. The third-order valence-corrected chi connectivity index (χ3v) is 4.21. The van der Waals surface area contributed by atoms with Gasteiger partial charge in [-0.05, 0) is 23.8 Å². The van der Waals surface area contributed by atoms with Gasteiger partial charge in [0.2, 0.25) is 0 Å². The number of nitrogens with one attached hydrogen (secondary N) is 1. The zero-order valence-electron chi connectivity index (χ0n) is 11.7. The molecule has 19 heavy (non-hydrogen) atoms. The Labute approximate surface area is 114 Å². The molecule has 0 aromatic heterocycles. The molecule has 0 aliphatic heterocycles. The van der Waals surface area contributed by atoms with Crippen LogP contribution >= 0.6 is 0 Å². The van der Waals surface area contributed by atoms with Gasteiger partial charge in [-0.2, -0.15) is 0 Å². The second-order valence-corrected chi connectivity index (χ2v) is 6.09. The maximum absolute atomic E-state index is 10.6. The van der Waals surface area contributed by atoms with Gasteiger partial charge in [0.15, 0.2) is 0 Å². The van der Waals surface area contributed by atoms with Gasteiger partial charge in [0, 0.05) is 24.7 Å². The van der Waals surface area contributed by atoms with Crippen molar-refractivity contribution in [1.29, 1.82) is 0 Å². The number of hydrogen-bond donors (Lipinski definition) is 1. The Bertz CT molecular complexity index is 440. The lowest BCUT2D eigenvalue weighted by molar-refractivity contribution is -0.384. The Balaban J connectivity index is 1.93. The molecule has 4 heteroatoms. The molecule has 1 aromatic carbocycles. The molecule has 4 nitrogen and oxygen atoms in total. The van der Waals surface area contributed by atoms with Crippen molar-refractivity contribution in [3.05, 3.63) is 39.9 Å². The van der Waals surface area contributed by atoms with Crippen LogP contribution in [0.4, 0.5) is 5.69 Å². The zero-order valence-corrected chi connectivity index (χ0v) is 11.7. The van der Waals surface area contributed by atoms with Crippen molar-refractivity contribution in [2.75, 3.05) is 0 Å². The minimum absolute atomic E-state index is 0.154. The highest BCUT2D eigenvalue weighted by molar-refractivity contribution is 5.32. The van der Waals surface area contributed by atoms with Crippen molar-refractivity contribution >= 4 is 5.69 Å². The monoisotopic (exact) mass is 262 g/mol. The Morgan fingerprint density at radius 1 is 1.32 bits per heavy atom. The highest BCUT2D eigenvalue weighted by Crippen LogP contribution is 2.35. The third-order valence-electron chi connectivity index (χ3n) is 4.21. The first-order valence-corrected chi connectivity index (χ1v) is 6.96. The number of benzene rings is 1. The van der Waals surface area contributed by atoms with Crippen molar-refractivity contribution in [1.82, 2.24) is 5.32 Å². The molecule has 104 valence electrons. The van der Waals surface area contributed by atoms with Crippen LogP contribution in [0, 0.1) is 15.5 Å². The molecule has 1 atom stereocenters. The van der Waals surface area contributed by atoms with Crippen LogP contribution in [0.1, 0.15) is 45.1 Å². The molecule has 0 spiro atoms. The lowest BCUT2D eigenvalue weighted by atomic mass is 9.73. The normalized spacial score (nSPS) is 22.1. The van der Waals surface area contributed by atoms with Crippen LogP contribution in [0.15, 0.2) is 24.3 Å². The Kier molecular flexibility index (Phi) is 4.20. The summed E-state index contributed by atoms with van der Waals surface area (Å²) in [5, 5.41) is 14.2. The van der Waals surface area contributed by atoms with Gasteiger partial charge in [-0.15, -0.1) is 0 Å². The first-order chi connectivity index (χ1) is 8.99. The molecule has 1 aliphatic rings. The molecule has 1 aliphatic carbocycles. The van der Waals surface area contributed by atoms with Gasteiger partial charge in [-0.1, -0.05) is 38.8 Å². The van der Waals surface area contributed by atoms with E-state index in [-0.39, 0.29) is 10.6 Å². The molecule has 0 bridgehead atoms. The van der Waals surface area contributed by atoms with Gasteiger partial charge >= 0.3 is 0 Å². The summed E-state index contributed by atoms with van der Waals surface area (Å²) in [6.07, 6.45) is 5.11. The number of rotatable bonds is 4. The lowest BCUT2D eigenvalue weighted by Gasteiger charge is -2.39. The molecular weight excluding hydrogens is 240 g/mol. The van der Waals surface area contributed by atoms with Crippen molar-refractivity contribution in [2.45, 2.75) is 52.1 Å². The first-order valence-electron chi connectivity index (χ1n) is 6.96. The predicted octanol–water partition coefficient (Wildman–Crippen LogP) is 3.65.